The number of carboxylic acids is 1. The van der Waals surface area contributed by atoms with Gasteiger partial charge in [-0.3, -0.25) is 4.79 Å². The number of fused-ring (bicyclic) bond motifs is 1. The first-order chi connectivity index (χ1) is 14.1. The molecule has 1 saturated heterocycles. The fraction of sp³-hybridized carbons (Fsp3) is 0.318. The summed E-state index contributed by atoms with van der Waals surface area (Å²) in [6.07, 6.45) is 1.53. The molecule has 1 aromatic carbocycles. The number of anilines is 1. The van der Waals surface area contributed by atoms with E-state index in [0.29, 0.717) is 25.5 Å². The van der Waals surface area contributed by atoms with Gasteiger partial charge in [-0.25, -0.2) is 9.78 Å². The Bertz CT molecular complexity index is 1030. The highest BCUT2D eigenvalue weighted by Gasteiger charge is 2.30. The minimum atomic E-state index is -1.02. The van der Waals surface area contributed by atoms with Gasteiger partial charge in [-0.1, -0.05) is 18.2 Å². The molecule has 29 heavy (non-hydrogen) atoms. The van der Waals surface area contributed by atoms with E-state index in [0.717, 1.165) is 33.5 Å². The maximum Gasteiger partial charge on any atom is 0.339 e. The second kappa shape index (κ2) is 8.21. The van der Waals surface area contributed by atoms with Gasteiger partial charge in [0, 0.05) is 17.8 Å². The second-order valence-electron chi connectivity index (χ2n) is 7.06. The van der Waals surface area contributed by atoms with E-state index in [1.54, 1.807) is 30.4 Å². The third-order valence-electron chi connectivity index (χ3n) is 5.12. The number of rotatable bonds is 5. The Kier molecular flexibility index (Phi) is 5.49. The van der Waals surface area contributed by atoms with Gasteiger partial charge in [-0.05, 0) is 49.4 Å². The van der Waals surface area contributed by atoms with E-state index in [4.69, 9.17) is 9.72 Å². The predicted molar refractivity (Wildman–Crippen MR) is 114 cm³/mol. The zero-order chi connectivity index (χ0) is 20.4. The number of ether oxygens (including phenoxy) is 1. The third kappa shape index (κ3) is 3.96. The molecule has 0 bridgehead atoms. The van der Waals surface area contributed by atoms with E-state index in [9.17, 15) is 14.7 Å². The summed E-state index contributed by atoms with van der Waals surface area (Å²) in [7, 11) is 0. The summed E-state index contributed by atoms with van der Waals surface area (Å²) < 4.78 is 6.33. The third-order valence-corrected chi connectivity index (χ3v) is 6.26. The van der Waals surface area contributed by atoms with Crippen LogP contribution in [0.25, 0.3) is 20.7 Å². The van der Waals surface area contributed by atoms with Crippen molar-refractivity contribution < 1.29 is 19.4 Å². The number of pyridine rings is 1. The molecule has 3 aromatic rings. The summed E-state index contributed by atoms with van der Waals surface area (Å²) in [5.41, 5.74) is 0.892. The van der Waals surface area contributed by atoms with Gasteiger partial charge in [0.2, 0.25) is 0 Å². The summed E-state index contributed by atoms with van der Waals surface area (Å²) in [6, 6.07) is 13.5. The van der Waals surface area contributed by atoms with E-state index in [1.165, 1.54) is 0 Å². The number of aromatic carboxylic acids is 1. The van der Waals surface area contributed by atoms with E-state index in [1.807, 2.05) is 17.0 Å². The monoisotopic (exact) mass is 410 g/mol. The minimum absolute atomic E-state index is 0.152. The SMILES string of the molecule is CCOC(=O)[C@H]1CCCN(c2nc(-c3cc4ccccc4s3)ccc2C(=O)O)C1. The minimum Gasteiger partial charge on any atom is -0.478 e. The largest absolute Gasteiger partial charge is 0.478 e. The van der Waals surface area contributed by atoms with Gasteiger partial charge in [0.1, 0.15) is 11.4 Å². The molecule has 6 nitrogen and oxygen atoms in total. The van der Waals surface area contributed by atoms with E-state index < -0.39 is 5.97 Å². The molecule has 3 heterocycles. The highest BCUT2D eigenvalue weighted by Crippen LogP contribution is 2.35. The molecular weight excluding hydrogens is 388 g/mol. The number of aromatic nitrogens is 1. The van der Waals surface area contributed by atoms with Crippen LogP contribution in [0.5, 0.6) is 0 Å². The Balaban J connectivity index is 1.70. The Hall–Kier alpha value is -2.93. The average molecular weight is 410 g/mol. The number of carbonyl (C=O) groups excluding carboxylic acids is 1. The summed E-state index contributed by atoms with van der Waals surface area (Å²) in [5, 5.41) is 10.8. The standard InChI is InChI=1S/C22H22N2O4S/c1-2-28-22(27)15-7-5-11-24(13-15)20-16(21(25)26)9-10-17(23-20)19-12-14-6-3-4-8-18(14)29-19/h3-4,6,8-10,12,15H,2,5,7,11,13H2,1H3,(H,25,26)/t15-/m0/s1. The van der Waals surface area contributed by atoms with E-state index in [2.05, 4.69) is 18.2 Å². The van der Waals surface area contributed by atoms with Crippen molar-refractivity contribution in [2.75, 3.05) is 24.6 Å². The van der Waals surface area contributed by atoms with Crippen LogP contribution in [0.15, 0.2) is 42.5 Å². The van der Waals surface area contributed by atoms with Crippen molar-refractivity contribution in [1.29, 1.82) is 0 Å². The first-order valence-electron chi connectivity index (χ1n) is 9.71. The van der Waals surface area contributed by atoms with Crippen molar-refractivity contribution in [3.8, 4) is 10.6 Å². The maximum absolute atomic E-state index is 12.2. The summed E-state index contributed by atoms with van der Waals surface area (Å²) >= 11 is 1.63. The lowest BCUT2D eigenvalue weighted by atomic mass is 9.97. The van der Waals surface area contributed by atoms with Gasteiger partial charge in [0.15, 0.2) is 0 Å². The van der Waals surface area contributed by atoms with Gasteiger partial charge in [-0.2, -0.15) is 0 Å². The lowest BCUT2D eigenvalue weighted by molar-refractivity contribution is -0.148. The summed E-state index contributed by atoms with van der Waals surface area (Å²) in [6.45, 7) is 3.22. The molecule has 1 N–H and O–H groups in total. The van der Waals surface area contributed by atoms with Gasteiger partial charge in [0.25, 0.3) is 0 Å². The van der Waals surface area contributed by atoms with E-state index >= 15 is 0 Å². The molecule has 0 unspecified atom stereocenters. The van der Waals surface area contributed by atoms with Gasteiger partial charge in [0.05, 0.1) is 23.1 Å². The summed E-state index contributed by atoms with van der Waals surface area (Å²) in [5.74, 6) is -1.09. The molecule has 2 aromatic heterocycles. The van der Waals surface area contributed by atoms with Crippen molar-refractivity contribution in [1.82, 2.24) is 4.98 Å². The topological polar surface area (TPSA) is 79.7 Å². The first kappa shape index (κ1) is 19.4. The maximum atomic E-state index is 12.2. The van der Waals surface area contributed by atoms with Crippen LogP contribution in [0.2, 0.25) is 0 Å². The Morgan fingerprint density at radius 1 is 1.28 bits per heavy atom. The number of carbonyl (C=O) groups is 2. The first-order valence-corrected chi connectivity index (χ1v) is 10.5. The number of thiophene rings is 1. The number of hydrogen-bond acceptors (Lipinski definition) is 6. The van der Waals surface area contributed by atoms with Crippen LogP contribution >= 0.6 is 11.3 Å². The zero-order valence-electron chi connectivity index (χ0n) is 16.1. The average Bonchev–Trinajstić information content (AvgIpc) is 3.18. The molecule has 1 aliphatic rings. The Morgan fingerprint density at radius 2 is 2.10 bits per heavy atom. The molecule has 0 amide bonds. The van der Waals surface area contributed by atoms with Crippen molar-refractivity contribution in [3.05, 3.63) is 48.0 Å². The van der Waals surface area contributed by atoms with Crippen LogP contribution in [0.1, 0.15) is 30.1 Å². The molecule has 1 aliphatic heterocycles. The molecule has 0 aliphatic carbocycles. The molecule has 1 atom stereocenters. The summed E-state index contributed by atoms with van der Waals surface area (Å²) in [4.78, 5) is 31.6. The van der Waals surface area contributed by atoms with Gasteiger partial charge in [-0.15, -0.1) is 11.3 Å². The second-order valence-corrected chi connectivity index (χ2v) is 8.14. The number of hydrogen-bond donors (Lipinski definition) is 1. The Morgan fingerprint density at radius 3 is 2.86 bits per heavy atom. The van der Waals surface area contributed by atoms with Crippen LogP contribution < -0.4 is 4.90 Å². The molecule has 0 radical (unpaired) electrons. The van der Waals surface area contributed by atoms with Crippen LogP contribution in [0.4, 0.5) is 5.82 Å². The molecule has 4 rings (SSSR count). The van der Waals surface area contributed by atoms with E-state index in [-0.39, 0.29) is 17.5 Å². The zero-order valence-corrected chi connectivity index (χ0v) is 16.9. The number of piperidine rings is 1. The quantitative estimate of drug-likeness (QED) is 0.627. The smallest absolute Gasteiger partial charge is 0.339 e. The highest BCUT2D eigenvalue weighted by atomic mass is 32.1. The number of nitrogens with zero attached hydrogens (tertiary/aromatic N) is 2. The van der Waals surface area contributed by atoms with Crippen LogP contribution in [-0.4, -0.2) is 41.7 Å². The van der Waals surface area contributed by atoms with Gasteiger partial charge < -0.3 is 14.7 Å². The predicted octanol–water partition coefficient (Wildman–Crippen LogP) is 4.44. The highest BCUT2D eigenvalue weighted by molar-refractivity contribution is 7.22. The molecule has 7 heteroatoms. The lowest BCUT2D eigenvalue weighted by Gasteiger charge is -2.33. The lowest BCUT2D eigenvalue weighted by Crippen LogP contribution is -2.40. The molecule has 0 spiro atoms. The molecule has 1 fully saturated rings. The molecule has 0 saturated carbocycles. The normalized spacial score (nSPS) is 16.7. The number of esters is 1. The fourth-order valence-electron chi connectivity index (χ4n) is 3.72. The fourth-order valence-corrected chi connectivity index (χ4v) is 4.76. The number of carboxylic acid groups (broad SMARTS) is 1. The Labute approximate surface area is 172 Å². The van der Waals surface area contributed by atoms with Crippen molar-refractivity contribution >= 4 is 39.2 Å². The number of benzene rings is 1. The van der Waals surface area contributed by atoms with Crippen LogP contribution in [0, 0.1) is 5.92 Å². The molecule has 150 valence electrons. The van der Waals surface area contributed by atoms with Crippen molar-refractivity contribution in [2.24, 2.45) is 5.92 Å². The van der Waals surface area contributed by atoms with Gasteiger partial charge >= 0.3 is 11.9 Å². The van der Waals surface area contributed by atoms with Crippen LogP contribution in [-0.2, 0) is 9.53 Å². The molecular formula is C22H22N2O4S. The van der Waals surface area contributed by atoms with Crippen LogP contribution in [0.3, 0.4) is 0 Å². The van der Waals surface area contributed by atoms with Crippen molar-refractivity contribution in [3.63, 3.8) is 0 Å². The van der Waals surface area contributed by atoms with Crippen molar-refractivity contribution in [2.45, 2.75) is 19.8 Å².